The van der Waals surface area contributed by atoms with Crippen molar-refractivity contribution in [3.63, 3.8) is 0 Å². The van der Waals surface area contributed by atoms with Crippen LogP contribution >= 0.6 is 11.6 Å². The molecule has 0 bridgehead atoms. The molecule has 0 radical (unpaired) electrons. The van der Waals surface area contributed by atoms with E-state index in [-0.39, 0.29) is 24.8 Å². The third-order valence-corrected chi connectivity index (χ3v) is 6.05. The molecule has 0 spiro atoms. The minimum absolute atomic E-state index is 0.0410. The second-order valence-electron chi connectivity index (χ2n) is 8.32. The van der Waals surface area contributed by atoms with Crippen LogP contribution in [0.1, 0.15) is 43.7 Å². The second-order valence-corrected chi connectivity index (χ2v) is 8.76. The molecule has 0 unspecified atom stereocenters. The van der Waals surface area contributed by atoms with E-state index < -0.39 is 18.1 Å². The van der Waals surface area contributed by atoms with E-state index >= 15 is 0 Å². The first-order valence-electron chi connectivity index (χ1n) is 11.2. The Morgan fingerprint density at radius 2 is 1.91 bits per heavy atom. The van der Waals surface area contributed by atoms with Gasteiger partial charge in [0.1, 0.15) is 0 Å². The molecule has 1 aliphatic rings. The summed E-state index contributed by atoms with van der Waals surface area (Å²) < 4.78 is 0. The zero-order chi connectivity index (χ0) is 23.8. The highest BCUT2D eigenvalue weighted by atomic mass is 35.5. The number of hydrogen-bond acceptors (Lipinski definition) is 4. The third kappa shape index (κ3) is 7.04. The fraction of sp³-hybridized carbons (Fsp3) is 0.400. The summed E-state index contributed by atoms with van der Waals surface area (Å²) in [6.07, 6.45) is 2.67. The molecule has 2 atom stereocenters. The summed E-state index contributed by atoms with van der Waals surface area (Å²) in [6.45, 7) is 2.37. The lowest BCUT2D eigenvalue weighted by Crippen LogP contribution is -2.53. The number of hydrogen-bond donors (Lipinski definition) is 3. The number of fused-ring (bicyclic) bond motifs is 1. The molecule has 7 nitrogen and oxygen atoms in total. The molecular weight excluding hydrogens is 442 g/mol. The Morgan fingerprint density at radius 3 is 2.61 bits per heavy atom. The molecule has 0 saturated carbocycles. The van der Waals surface area contributed by atoms with E-state index in [1.54, 1.807) is 29.2 Å². The monoisotopic (exact) mass is 471 g/mol. The van der Waals surface area contributed by atoms with Crippen LogP contribution in [-0.4, -0.2) is 46.4 Å². The van der Waals surface area contributed by atoms with E-state index in [1.165, 1.54) is 0 Å². The first-order valence-corrected chi connectivity index (χ1v) is 11.6. The van der Waals surface area contributed by atoms with Crippen LogP contribution in [0.2, 0.25) is 5.02 Å². The number of carbonyl (C=O) groups excluding carboxylic acids is 2. The maximum atomic E-state index is 13.5. The Morgan fingerprint density at radius 1 is 1.15 bits per heavy atom. The predicted octanol–water partition coefficient (Wildman–Crippen LogP) is 3.86. The fourth-order valence-corrected chi connectivity index (χ4v) is 4.33. The maximum absolute atomic E-state index is 13.5. The highest BCUT2D eigenvalue weighted by Crippen LogP contribution is 2.26. The number of carboxylic acids is 1. The molecule has 8 heteroatoms. The van der Waals surface area contributed by atoms with Gasteiger partial charge in [0.2, 0.25) is 11.8 Å². The number of carboxylic acid groups (broad SMARTS) is 1. The van der Waals surface area contributed by atoms with Crippen molar-refractivity contribution in [2.24, 2.45) is 0 Å². The van der Waals surface area contributed by atoms with E-state index in [0.717, 1.165) is 24.0 Å². The van der Waals surface area contributed by atoms with Crippen molar-refractivity contribution >= 4 is 35.1 Å². The minimum Gasteiger partial charge on any atom is -0.481 e. The molecule has 33 heavy (non-hydrogen) atoms. The zero-order valence-electron chi connectivity index (χ0n) is 18.7. The molecule has 0 aromatic heterocycles. The highest BCUT2D eigenvalue weighted by Gasteiger charge is 2.34. The predicted molar refractivity (Wildman–Crippen MR) is 128 cm³/mol. The topological polar surface area (TPSA) is 98.7 Å². The van der Waals surface area contributed by atoms with Gasteiger partial charge in [-0.2, -0.15) is 0 Å². The lowest BCUT2D eigenvalue weighted by molar-refractivity contribution is -0.142. The van der Waals surface area contributed by atoms with Gasteiger partial charge in [-0.3, -0.25) is 19.7 Å². The van der Waals surface area contributed by atoms with Crippen molar-refractivity contribution in [2.75, 3.05) is 11.9 Å². The first-order chi connectivity index (χ1) is 15.9. The van der Waals surface area contributed by atoms with E-state index in [1.807, 2.05) is 31.2 Å². The third-order valence-electron chi connectivity index (χ3n) is 5.81. The van der Waals surface area contributed by atoms with Gasteiger partial charge < -0.3 is 15.3 Å². The van der Waals surface area contributed by atoms with Gasteiger partial charge in [0, 0.05) is 23.3 Å². The molecule has 0 saturated heterocycles. The van der Waals surface area contributed by atoms with Crippen molar-refractivity contribution in [2.45, 2.75) is 57.7 Å². The molecular formula is C25H30ClN3O4. The maximum Gasteiger partial charge on any atom is 0.305 e. The minimum atomic E-state index is -0.934. The van der Waals surface area contributed by atoms with Crippen LogP contribution in [0, 0.1) is 0 Å². The van der Waals surface area contributed by atoms with Crippen molar-refractivity contribution < 1.29 is 19.5 Å². The van der Waals surface area contributed by atoms with Gasteiger partial charge in [0.25, 0.3) is 0 Å². The summed E-state index contributed by atoms with van der Waals surface area (Å²) in [5.41, 5.74) is 2.69. The number of aliphatic carboxylic acids is 1. The van der Waals surface area contributed by atoms with Crippen LogP contribution in [0.3, 0.4) is 0 Å². The van der Waals surface area contributed by atoms with Crippen molar-refractivity contribution in [3.8, 4) is 0 Å². The SMILES string of the molecule is CCCC[C@H](NCC(=O)Nc1cccc(Cl)c1)C(=O)N1Cc2ccccc2C[C@@H]1CC(=O)O. The number of nitrogens with zero attached hydrogens (tertiary/aromatic N) is 1. The molecule has 3 rings (SSSR count). The van der Waals surface area contributed by atoms with Crippen molar-refractivity contribution in [1.29, 1.82) is 0 Å². The summed E-state index contributed by atoms with van der Waals surface area (Å²) in [5.74, 6) is -1.38. The molecule has 0 aliphatic carbocycles. The van der Waals surface area contributed by atoms with Crippen LogP contribution in [-0.2, 0) is 27.3 Å². The fourth-order valence-electron chi connectivity index (χ4n) is 4.14. The number of benzene rings is 2. The first kappa shape index (κ1) is 24.7. The van der Waals surface area contributed by atoms with E-state index in [4.69, 9.17) is 11.6 Å². The summed E-state index contributed by atoms with van der Waals surface area (Å²) in [4.78, 5) is 39.1. The molecule has 3 N–H and O–H groups in total. The molecule has 1 aliphatic heterocycles. The largest absolute Gasteiger partial charge is 0.481 e. The highest BCUT2D eigenvalue weighted by molar-refractivity contribution is 6.30. The van der Waals surface area contributed by atoms with Crippen LogP contribution in [0.5, 0.6) is 0 Å². The Balaban J connectivity index is 1.71. The molecule has 176 valence electrons. The quantitative estimate of drug-likeness (QED) is 0.488. The van der Waals surface area contributed by atoms with Crippen LogP contribution in [0.25, 0.3) is 0 Å². The number of nitrogens with one attached hydrogen (secondary N) is 2. The van der Waals surface area contributed by atoms with Gasteiger partial charge in [0.05, 0.1) is 19.0 Å². The Kier molecular flexibility index (Phi) is 8.86. The molecule has 0 fully saturated rings. The van der Waals surface area contributed by atoms with E-state index in [2.05, 4.69) is 10.6 Å². The molecule has 1 heterocycles. The van der Waals surface area contributed by atoms with Gasteiger partial charge >= 0.3 is 5.97 Å². The zero-order valence-corrected chi connectivity index (χ0v) is 19.5. The van der Waals surface area contributed by atoms with Crippen molar-refractivity contribution in [3.05, 3.63) is 64.7 Å². The average molecular weight is 472 g/mol. The van der Waals surface area contributed by atoms with Gasteiger partial charge in [-0.15, -0.1) is 0 Å². The molecule has 2 aromatic carbocycles. The Bertz CT molecular complexity index is 997. The normalized spacial score (nSPS) is 16.1. The summed E-state index contributed by atoms with van der Waals surface area (Å²) in [5, 5.41) is 15.8. The van der Waals surface area contributed by atoms with Crippen LogP contribution in [0.4, 0.5) is 5.69 Å². The van der Waals surface area contributed by atoms with Crippen LogP contribution < -0.4 is 10.6 Å². The standard InChI is InChI=1S/C25H30ClN3O4/c1-2-3-11-22(27-15-23(30)28-20-10-6-9-19(26)13-20)25(33)29-16-18-8-5-4-7-17(18)12-21(29)14-24(31)32/h4-10,13,21-22,27H,2-3,11-12,14-16H2,1H3,(H,28,30)(H,31,32)/t21-,22+/m1/s1. The van der Waals surface area contributed by atoms with Crippen LogP contribution in [0.15, 0.2) is 48.5 Å². The number of anilines is 1. The van der Waals surface area contributed by atoms with E-state index in [9.17, 15) is 19.5 Å². The molecule has 2 aromatic rings. The summed E-state index contributed by atoms with van der Waals surface area (Å²) in [7, 11) is 0. The number of unbranched alkanes of at least 4 members (excludes halogenated alkanes) is 1. The lowest BCUT2D eigenvalue weighted by Gasteiger charge is -2.38. The number of carbonyl (C=O) groups is 3. The van der Waals surface area contributed by atoms with Gasteiger partial charge in [0.15, 0.2) is 0 Å². The Labute approximate surface area is 199 Å². The average Bonchev–Trinajstić information content (AvgIpc) is 2.78. The van der Waals surface area contributed by atoms with E-state index in [0.29, 0.717) is 30.1 Å². The number of halogens is 1. The van der Waals surface area contributed by atoms with Gasteiger partial charge in [-0.05, 0) is 42.2 Å². The lowest BCUT2D eigenvalue weighted by atomic mass is 9.91. The van der Waals surface area contributed by atoms with Gasteiger partial charge in [-0.1, -0.05) is 61.7 Å². The second kappa shape index (κ2) is 11.8. The molecule has 2 amide bonds. The number of amides is 2. The summed E-state index contributed by atoms with van der Waals surface area (Å²) in [6, 6.07) is 13.7. The Hall–Kier alpha value is -2.90. The van der Waals surface area contributed by atoms with Gasteiger partial charge in [-0.25, -0.2) is 0 Å². The summed E-state index contributed by atoms with van der Waals surface area (Å²) >= 11 is 5.97. The smallest absolute Gasteiger partial charge is 0.305 e. The van der Waals surface area contributed by atoms with Crippen molar-refractivity contribution in [1.82, 2.24) is 10.2 Å². The number of rotatable bonds is 10.